The van der Waals surface area contributed by atoms with Gasteiger partial charge in [0.25, 0.3) is 0 Å². The molecule has 0 amide bonds. The lowest BCUT2D eigenvalue weighted by molar-refractivity contribution is 0.114. The summed E-state index contributed by atoms with van der Waals surface area (Å²) >= 11 is 0. The summed E-state index contributed by atoms with van der Waals surface area (Å²) in [5.41, 5.74) is 0. The van der Waals surface area contributed by atoms with E-state index in [1.54, 1.807) is 7.11 Å². The van der Waals surface area contributed by atoms with Crippen molar-refractivity contribution in [2.24, 2.45) is 5.92 Å². The molecule has 1 aliphatic heterocycles. The van der Waals surface area contributed by atoms with Crippen molar-refractivity contribution < 1.29 is 9.84 Å². The molecule has 0 aromatic heterocycles. The maximum absolute atomic E-state index is 9.82. The minimum atomic E-state index is -0.243. The van der Waals surface area contributed by atoms with Crippen LogP contribution in [-0.2, 0) is 4.74 Å². The first-order valence-electron chi connectivity index (χ1n) is 6.36. The fourth-order valence-electron chi connectivity index (χ4n) is 2.26. The molecule has 4 nitrogen and oxygen atoms in total. The van der Waals surface area contributed by atoms with Gasteiger partial charge >= 0.3 is 0 Å². The van der Waals surface area contributed by atoms with Gasteiger partial charge in [0.2, 0.25) is 0 Å². The third kappa shape index (κ3) is 5.25. The molecule has 0 radical (unpaired) electrons. The van der Waals surface area contributed by atoms with Gasteiger partial charge in [-0.1, -0.05) is 6.92 Å². The number of hydrogen-bond donors (Lipinski definition) is 2. The lowest BCUT2D eigenvalue weighted by Gasteiger charge is -2.20. The summed E-state index contributed by atoms with van der Waals surface area (Å²) in [5.74, 6) is 0.654. The highest BCUT2D eigenvalue weighted by atomic mass is 16.5. The van der Waals surface area contributed by atoms with Gasteiger partial charge in [-0.05, 0) is 31.8 Å². The predicted octanol–water partition coefficient (Wildman–Crippen LogP) is 0.315. The average molecular weight is 230 g/mol. The molecule has 0 aromatic carbocycles. The fraction of sp³-hybridized carbons (Fsp3) is 1.00. The molecule has 0 spiro atoms. The van der Waals surface area contributed by atoms with Gasteiger partial charge in [0, 0.05) is 26.7 Å². The van der Waals surface area contributed by atoms with Crippen LogP contribution >= 0.6 is 0 Å². The lowest BCUT2D eigenvalue weighted by Crippen LogP contribution is -2.37. The predicted molar refractivity (Wildman–Crippen MR) is 65.6 cm³/mol. The first-order valence-corrected chi connectivity index (χ1v) is 6.36. The molecular weight excluding hydrogens is 204 g/mol. The van der Waals surface area contributed by atoms with Gasteiger partial charge in [-0.15, -0.1) is 0 Å². The number of aliphatic hydroxyl groups excluding tert-OH is 1. The van der Waals surface area contributed by atoms with Gasteiger partial charge in [-0.3, -0.25) is 0 Å². The maximum atomic E-state index is 9.82. The van der Waals surface area contributed by atoms with E-state index in [1.165, 1.54) is 6.42 Å². The summed E-state index contributed by atoms with van der Waals surface area (Å²) in [6, 6.07) is 0. The van der Waals surface area contributed by atoms with Crippen LogP contribution in [0.1, 0.15) is 19.8 Å². The fourth-order valence-corrected chi connectivity index (χ4v) is 2.26. The van der Waals surface area contributed by atoms with Crippen molar-refractivity contribution in [3.63, 3.8) is 0 Å². The number of β-amino-alcohol motifs (C(OH)–C–C–N with tert-alkyl or cyclic N) is 1. The highest BCUT2D eigenvalue weighted by Crippen LogP contribution is 2.16. The highest BCUT2D eigenvalue weighted by molar-refractivity contribution is 4.77. The molecule has 1 aliphatic rings. The van der Waals surface area contributed by atoms with Crippen LogP contribution in [0.2, 0.25) is 0 Å². The molecular formula is C12H26N2O2. The van der Waals surface area contributed by atoms with E-state index in [2.05, 4.69) is 17.1 Å². The second-order valence-electron chi connectivity index (χ2n) is 4.73. The largest absolute Gasteiger partial charge is 0.390 e. The summed E-state index contributed by atoms with van der Waals surface area (Å²) in [6.07, 6.45) is 2.07. The van der Waals surface area contributed by atoms with Crippen molar-refractivity contribution in [3.05, 3.63) is 0 Å². The van der Waals surface area contributed by atoms with E-state index in [1.807, 2.05) is 0 Å². The van der Waals surface area contributed by atoms with Crippen LogP contribution in [-0.4, -0.2) is 62.6 Å². The van der Waals surface area contributed by atoms with E-state index in [4.69, 9.17) is 4.74 Å². The smallest absolute Gasteiger partial charge is 0.0791 e. The van der Waals surface area contributed by atoms with Gasteiger partial charge in [0.1, 0.15) is 0 Å². The van der Waals surface area contributed by atoms with Crippen molar-refractivity contribution in [1.29, 1.82) is 0 Å². The lowest BCUT2D eigenvalue weighted by atomic mass is 10.1. The molecule has 2 unspecified atom stereocenters. The Hall–Kier alpha value is -0.160. The van der Waals surface area contributed by atoms with E-state index >= 15 is 0 Å². The highest BCUT2D eigenvalue weighted by Gasteiger charge is 2.23. The molecule has 2 atom stereocenters. The number of nitrogens with one attached hydrogen (secondary N) is 1. The van der Waals surface area contributed by atoms with E-state index in [9.17, 15) is 5.11 Å². The summed E-state index contributed by atoms with van der Waals surface area (Å²) in [5, 5.41) is 13.1. The second kappa shape index (κ2) is 8.01. The Morgan fingerprint density at radius 2 is 2.38 bits per heavy atom. The zero-order valence-electron chi connectivity index (χ0n) is 10.6. The first-order chi connectivity index (χ1) is 7.76. The number of rotatable bonds is 8. The van der Waals surface area contributed by atoms with Crippen molar-refractivity contribution in [2.45, 2.75) is 25.9 Å². The van der Waals surface area contributed by atoms with Gasteiger partial charge in [-0.2, -0.15) is 0 Å². The Kier molecular flexibility index (Phi) is 6.96. The van der Waals surface area contributed by atoms with Gasteiger partial charge in [-0.25, -0.2) is 0 Å². The average Bonchev–Trinajstić information content (AvgIpc) is 2.66. The van der Waals surface area contributed by atoms with Crippen molar-refractivity contribution >= 4 is 0 Å². The topological polar surface area (TPSA) is 44.7 Å². The van der Waals surface area contributed by atoms with Crippen molar-refractivity contribution in [1.82, 2.24) is 10.2 Å². The summed E-state index contributed by atoms with van der Waals surface area (Å²) < 4.78 is 5.16. The maximum Gasteiger partial charge on any atom is 0.0791 e. The molecule has 1 saturated heterocycles. The number of ether oxygens (including phenoxy) is 1. The normalized spacial score (nSPS) is 23.8. The molecule has 1 rings (SSSR count). The first kappa shape index (κ1) is 13.9. The van der Waals surface area contributed by atoms with Gasteiger partial charge in [0.05, 0.1) is 12.7 Å². The molecule has 0 bridgehead atoms. The number of likely N-dealkylation sites (tertiary alicyclic amines) is 1. The Morgan fingerprint density at radius 3 is 3.06 bits per heavy atom. The third-order valence-electron chi connectivity index (χ3n) is 3.05. The van der Waals surface area contributed by atoms with Crippen LogP contribution in [0, 0.1) is 5.92 Å². The molecule has 96 valence electrons. The van der Waals surface area contributed by atoms with Crippen molar-refractivity contribution in [2.75, 3.05) is 46.4 Å². The van der Waals surface area contributed by atoms with Gasteiger partial charge in [0.15, 0.2) is 0 Å². The van der Waals surface area contributed by atoms with E-state index < -0.39 is 0 Å². The molecule has 4 heteroatoms. The number of methoxy groups -OCH3 is 1. The Morgan fingerprint density at radius 1 is 1.56 bits per heavy atom. The molecule has 0 aliphatic carbocycles. The monoisotopic (exact) mass is 230 g/mol. The number of hydrogen-bond acceptors (Lipinski definition) is 4. The Labute approximate surface area is 99.0 Å². The van der Waals surface area contributed by atoms with E-state index in [0.29, 0.717) is 12.5 Å². The molecule has 0 saturated carbocycles. The zero-order valence-corrected chi connectivity index (χ0v) is 10.6. The minimum Gasteiger partial charge on any atom is -0.390 e. The van der Waals surface area contributed by atoms with Crippen LogP contribution in [0.4, 0.5) is 0 Å². The zero-order chi connectivity index (χ0) is 11.8. The molecule has 1 heterocycles. The Balaban J connectivity index is 2.08. The quantitative estimate of drug-likeness (QED) is 0.589. The van der Waals surface area contributed by atoms with Crippen LogP contribution in [0.3, 0.4) is 0 Å². The SMILES string of the molecule is CCCNCC(O)CN1CCC(COC)C1. The third-order valence-corrected chi connectivity index (χ3v) is 3.05. The van der Waals surface area contributed by atoms with E-state index in [0.717, 1.165) is 39.2 Å². The van der Waals surface area contributed by atoms with Crippen LogP contribution < -0.4 is 5.32 Å². The van der Waals surface area contributed by atoms with Crippen LogP contribution in [0.15, 0.2) is 0 Å². The molecule has 16 heavy (non-hydrogen) atoms. The summed E-state index contributed by atoms with van der Waals surface area (Å²) in [4.78, 5) is 2.34. The van der Waals surface area contributed by atoms with Crippen LogP contribution in [0.25, 0.3) is 0 Å². The second-order valence-corrected chi connectivity index (χ2v) is 4.73. The summed E-state index contributed by atoms with van der Waals surface area (Å²) in [6.45, 7) is 7.63. The van der Waals surface area contributed by atoms with Crippen molar-refractivity contribution in [3.8, 4) is 0 Å². The molecule has 2 N–H and O–H groups in total. The Bertz CT molecular complexity index is 178. The minimum absolute atomic E-state index is 0.243. The molecule has 0 aromatic rings. The van der Waals surface area contributed by atoms with E-state index in [-0.39, 0.29) is 6.10 Å². The van der Waals surface area contributed by atoms with Gasteiger partial charge < -0.3 is 20.1 Å². The number of aliphatic hydroxyl groups is 1. The summed E-state index contributed by atoms with van der Waals surface area (Å²) in [7, 11) is 1.76. The molecule has 1 fully saturated rings. The standard InChI is InChI=1S/C12H26N2O2/c1-3-5-13-7-12(15)9-14-6-4-11(8-14)10-16-2/h11-13,15H,3-10H2,1-2H3. The number of nitrogens with zero attached hydrogens (tertiary/aromatic N) is 1. The van der Waals surface area contributed by atoms with Crippen LogP contribution in [0.5, 0.6) is 0 Å².